The Morgan fingerprint density at radius 1 is 1.54 bits per heavy atom. The van der Waals surface area contributed by atoms with Gasteiger partial charge in [0.05, 0.1) is 4.99 Å². The number of nitrogens with zero attached hydrogens (tertiary/aromatic N) is 1. The zero-order valence-corrected chi connectivity index (χ0v) is 9.36. The number of nitrogens with two attached hydrogens (primary N) is 1. The maximum Gasteiger partial charge on any atom is 0.222 e. The van der Waals surface area contributed by atoms with Crippen LogP contribution in [0.15, 0.2) is 0 Å². The van der Waals surface area contributed by atoms with E-state index < -0.39 is 0 Å². The van der Waals surface area contributed by atoms with E-state index >= 15 is 0 Å². The van der Waals surface area contributed by atoms with Gasteiger partial charge in [0.25, 0.3) is 0 Å². The number of thiocarbonyl (C=S) groups is 1. The van der Waals surface area contributed by atoms with Gasteiger partial charge < -0.3 is 10.6 Å². The van der Waals surface area contributed by atoms with E-state index in [2.05, 4.69) is 0 Å². The van der Waals surface area contributed by atoms with Crippen molar-refractivity contribution in [1.82, 2.24) is 4.90 Å². The maximum atomic E-state index is 11.4. The molecule has 0 spiro atoms. The summed E-state index contributed by atoms with van der Waals surface area (Å²) < 4.78 is 0. The third kappa shape index (κ3) is 6.51. The minimum atomic E-state index is 0.159. The molecule has 0 aliphatic rings. The molecule has 0 aromatic carbocycles. The fraction of sp³-hybridized carbons (Fsp3) is 0.778. The average Bonchev–Trinajstić information content (AvgIpc) is 1.98. The summed E-state index contributed by atoms with van der Waals surface area (Å²) in [5.41, 5.74) is 5.34. The molecular weight excluding hydrogens is 184 g/mol. The molecule has 0 saturated carbocycles. The van der Waals surface area contributed by atoms with Crippen LogP contribution in [0.5, 0.6) is 0 Å². The highest BCUT2D eigenvalue weighted by molar-refractivity contribution is 7.80. The molecule has 3 nitrogen and oxygen atoms in total. The van der Waals surface area contributed by atoms with Crippen LogP contribution in [0.4, 0.5) is 0 Å². The minimum Gasteiger partial charge on any atom is -0.393 e. The normalized spacial score (nSPS) is 10.2. The van der Waals surface area contributed by atoms with Crippen LogP contribution in [0, 0.1) is 5.92 Å². The number of amides is 1. The zero-order chi connectivity index (χ0) is 10.4. The predicted molar refractivity (Wildman–Crippen MR) is 58.5 cm³/mol. The van der Waals surface area contributed by atoms with E-state index in [9.17, 15) is 4.79 Å². The second-order valence-corrected chi connectivity index (χ2v) is 4.15. The molecule has 0 atom stereocenters. The third-order valence-corrected chi connectivity index (χ3v) is 1.91. The molecule has 0 fully saturated rings. The van der Waals surface area contributed by atoms with E-state index in [1.54, 1.807) is 11.9 Å². The first-order valence-electron chi connectivity index (χ1n) is 4.45. The van der Waals surface area contributed by atoms with Crippen LogP contribution in [0.3, 0.4) is 0 Å². The van der Waals surface area contributed by atoms with Gasteiger partial charge in [-0.25, -0.2) is 0 Å². The van der Waals surface area contributed by atoms with Gasteiger partial charge in [0.1, 0.15) is 0 Å². The lowest BCUT2D eigenvalue weighted by Crippen LogP contribution is -2.30. The van der Waals surface area contributed by atoms with Crippen molar-refractivity contribution in [2.75, 3.05) is 13.6 Å². The quantitative estimate of drug-likeness (QED) is 0.681. The molecule has 0 rings (SSSR count). The summed E-state index contributed by atoms with van der Waals surface area (Å²) in [6.07, 6.45) is 1.20. The molecule has 0 unspecified atom stereocenters. The van der Waals surface area contributed by atoms with Crippen LogP contribution in [-0.4, -0.2) is 29.4 Å². The highest BCUT2D eigenvalue weighted by atomic mass is 32.1. The molecule has 76 valence electrons. The monoisotopic (exact) mass is 202 g/mol. The summed E-state index contributed by atoms with van der Waals surface area (Å²) in [6.45, 7) is 4.68. The van der Waals surface area contributed by atoms with Crippen molar-refractivity contribution in [3.05, 3.63) is 0 Å². The number of carbonyl (C=O) groups excluding carboxylic acids is 1. The van der Waals surface area contributed by atoms with Crippen molar-refractivity contribution in [1.29, 1.82) is 0 Å². The lowest BCUT2D eigenvalue weighted by atomic mass is 10.1. The zero-order valence-electron chi connectivity index (χ0n) is 8.54. The van der Waals surface area contributed by atoms with E-state index in [1.807, 2.05) is 13.8 Å². The summed E-state index contributed by atoms with van der Waals surface area (Å²) in [6, 6.07) is 0. The van der Waals surface area contributed by atoms with Crippen LogP contribution in [-0.2, 0) is 4.79 Å². The maximum absolute atomic E-state index is 11.4. The number of carbonyl (C=O) groups is 1. The molecule has 0 aliphatic heterocycles. The predicted octanol–water partition coefficient (Wildman–Crippen LogP) is 1.17. The van der Waals surface area contributed by atoms with Gasteiger partial charge in [-0.05, 0) is 5.92 Å². The summed E-state index contributed by atoms with van der Waals surface area (Å²) in [5, 5.41) is 0. The topological polar surface area (TPSA) is 46.3 Å². The Morgan fingerprint density at radius 2 is 2.08 bits per heavy atom. The van der Waals surface area contributed by atoms with E-state index in [0.717, 1.165) is 0 Å². The van der Waals surface area contributed by atoms with Crippen molar-refractivity contribution in [3.63, 3.8) is 0 Å². The van der Waals surface area contributed by atoms with Gasteiger partial charge in [-0.1, -0.05) is 26.1 Å². The summed E-state index contributed by atoms with van der Waals surface area (Å²) in [7, 11) is 1.78. The average molecular weight is 202 g/mol. The fourth-order valence-corrected chi connectivity index (χ4v) is 0.999. The first-order chi connectivity index (χ1) is 5.93. The van der Waals surface area contributed by atoms with Crippen molar-refractivity contribution in [3.8, 4) is 0 Å². The second-order valence-electron chi connectivity index (χ2n) is 3.63. The molecule has 13 heavy (non-hydrogen) atoms. The van der Waals surface area contributed by atoms with Crippen LogP contribution >= 0.6 is 12.2 Å². The summed E-state index contributed by atoms with van der Waals surface area (Å²) in [5.74, 6) is 0.561. The number of hydrogen-bond donors (Lipinski definition) is 1. The Bertz CT molecular complexity index is 192. The molecule has 1 amide bonds. The highest BCUT2D eigenvalue weighted by Gasteiger charge is 2.10. The van der Waals surface area contributed by atoms with Crippen molar-refractivity contribution in [2.45, 2.75) is 26.7 Å². The molecule has 0 aliphatic carbocycles. The molecular formula is C9H18N2OS. The van der Waals surface area contributed by atoms with Crippen LogP contribution in [0.2, 0.25) is 0 Å². The van der Waals surface area contributed by atoms with Crippen LogP contribution in [0.1, 0.15) is 26.7 Å². The molecule has 0 aromatic heterocycles. The Hall–Kier alpha value is -0.640. The molecule has 0 aromatic rings. The van der Waals surface area contributed by atoms with Crippen molar-refractivity contribution < 1.29 is 4.79 Å². The van der Waals surface area contributed by atoms with Crippen molar-refractivity contribution >= 4 is 23.1 Å². The van der Waals surface area contributed by atoms with Gasteiger partial charge in [-0.15, -0.1) is 0 Å². The fourth-order valence-electron chi connectivity index (χ4n) is 0.908. The third-order valence-electron chi connectivity index (χ3n) is 1.70. The molecule has 2 N–H and O–H groups in total. The van der Waals surface area contributed by atoms with Crippen LogP contribution in [0.25, 0.3) is 0 Å². The molecule has 0 radical (unpaired) electrons. The van der Waals surface area contributed by atoms with E-state index in [1.165, 1.54) is 0 Å². The van der Waals surface area contributed by atoms with Gasteiger partial charge in [-0.3, -0.25) is 4.79 Å². The number of rotatable bonds is 5. The Morgan fingerprint density at radius 3 is 2.46 bits per heavy atom. The smallest absolute Gasteiger partial charge is 0.222 e. The second kappa shape index (κ2) is 5.91. The molecule has 4 heteroatoms. The van der Waals surface area contributed by atoms with Gasteiger partial charge in [0.2, 0.25) is 5.91 Å². The summed E-state index contributed by atoms with van der Waals surface area (Å²) in [4.78, 5) is 13.5. The van der Waals surface area contributed by atoms with E-state index in [4.69, 9.17) is 18.0 Å². The summed E-state index contributed by atoms with van der Waals surface area (Å²) >= 11 is 4.73. The lowest BCUT2D eigenvalue weighted by molar-refractivity contribution is -0.130. The van der Waals surface area contributed by atoms with E-state index in [0.29, 0.717) is 30.3 Å². The SMILES string of the molecule is CC(C)CC(=O)N(C)CCC(N)=S. The molecule has 0 bridgehead atoms. The first kappa shape index (κ1) is 12.4. The number of hydrogen-bond acceptors (Lipinski definition) is 2. The first-order valence-corrected chi connectivity index (χ1v) is 4.86. The Kier molecular flexibility index (Phi) is 5.62. The minimum absolute atomic E-state index is 0.159. The molecule has 0 heterocycles. The standard InChI is InChI=1S/C9H18N2OS/c1-7(2)6-9(12)11(3)5-4-8(10)13/h7H,4-6H2,1-3H3,(H2,10,13). The highest BCUT2D eigenvalue weighted by Crippen LogP contribution is 2.02. The lowest BCUT2D eigenvalue weighted by Gasteiger charge is -2.17. The largest absolute Gasteiger partial charge is 0.393 e. The van der Waals surface area contributed by atoms with Gasteiger partial charge in [0, 0.05) is 26.4 Å². The van der Waals surface area contributed by atoms with Gasteiger partial charge >= 0.3 is 0 Å². The van der Waals surface area contributed by atoms with Gasteiger partial charge in [-0.2, -0.15) is 0 Å². The Balaban J connectivity index is 3.76. The van der Waals surface area contributed by atoms with Crippen molar-refractivity contribution in [2.24, 2.45) is 11.7 Å². The van der Waals surface area contributed by atoms with Gasteiger partial charge in [0.15, 0.2) is 0 Å². The van der Waals surface area contributed by atoms with E-state index in [-0.39, 0.29) is 5.91 Å². The molecule has 0 saturated heterocycles. The van der Waals surface area contributed by atoms with Crippen LogP contribution < -0.4 is 5.73 Å². The Labute approximate surface area is 85.3 Å².